The van der Waals surface area contributed by atoms with E-state index < -0.39 is 0 Å². The molecule has 0 spiro atoms. The molecular weight excluding hydrogens is 200 g/mol. The lowest BCUT2D eigenvalue weighted by atomic mass is 10.1. The molecule has 1 aliphatic rings. The number of carbonyl (C=O) groups is 1. The maximum absolute atomic E-state index is 11.9. The van der Waals surface area contributed by atoms with Crippen molar-refractivity contribution < 1.29 is 4.79 Å². The summed E-state index contributed by atoms with van der Waals surface area (Å²) < 4.78 is 0. The fourth-order valence-corrected chi connectivity index (χ4v) is 1.73. The number of rotatable bonds is 2. The molecule has 3 heteroatoms. The van der Waals surface area contributed by atoms with Crippen LogP contribution in [0, 0.1) is 12.3 Å². The third kappa shape index (κ3) is 1.59. The quantitative estimate of drug-likeness (QED) is 0.540. The van der Waals surface area contributed by atoms with Crippen molar-refractivity contribution in [2.45, 2.75) is 6.42 Å². The molecule has 0 atom stereocenters. The second-order valence-electron chi connectivity index (χ2n) is 3.57. The van der Waals surface area contributed by atoms with Gasteiger partial charge in [-0.15, -0.1) is 12.3 Å². The van der Waals surface area contributed by atoms with Crippen LogP contribution < -0.4 is 4.90 Å². The van der Waals surface area contributed by atoms with Crippen LogP contribution >= 0.6 is 0 Å². The van der Waals surface area contributed by atoms with Crippen molar-refractivity contribution in [2.24, 2.45) is 4.99 Å². The van der Waals surface area contributed by atoms with Gasteiger partial charge in [0.1, 0.15) is 5.71 Å². The number of nitrogens with zero attached hydrogens (tertiary/aromatic N) is 2. The molecule has 0 bridgehead atoms. The minimum absolute atomic E-state index is 0.0572. The summed E-state index contributed by atoms with van der Waals surface area (Å²) in [5, 5.41) is 0. The molecule has 0 radical (unpaired) electrons. The minimum atomic E-state index is -0.0572. The number of aliphatic imine (C=N–C) groups is 1. The van der Waals surface area contributed by atoms with Crippen molar-refractivity contribution in [1.29, 1.82) is 0 Å². The molecule has 0 N–H and O–H groups in total. The third-order valence-corrected chi connectivity index (χ3v) is 2.55. The SMILES string of the molecule is C#CCCN=C1C(=O)N(C)c2ccccc21. The summed E-state index contributed by atoms with van der Waals surface area (Å²) in [5.74, 6) is 2.45. The first-order valence-corrected chi connectivity index (χ1v) is 5.11. The summed E-state index contributed by atoms with van der Waals surface area (Å²) in [4.78, 5) is 17.8. The van der Waals surface area contributed by atoms with Crippen LogP contribution in [0.5, 0.6) is 0 Å². The van der Waals surface area contributed by atoms with E-state index in [1.54, 1.807) is 11.9 Å². The Balaban J connectivity index is 2.38. The van der Waals surface area contributed by atoms with Gasteiger partial charge in [0.2, 0.25) is 0 Å². The zero-order chi connectivity index (χ0) is 11.5. The predicted molar refractivity (Wildman–Crippen MR) is 64.7 cm³/mol. The van der Waals surface area contributed by atoms with Gasteiger partial charge >= 0.3 is 0 Å². The Kier molecular flexibility index (Phi) is 2.74. The number of hydrogen-bond donors (Lipinski definition) is 0. The Morgan fingerprint density at radius 2 is 2.19 bits per heavy atom. The zero-order valence-electron chi connectivity index (χ0n) is 9.10. The molecule has 2 rings (SSSR count). The summed E-state index contributed by atoms with van der Waals surface area (Å²) in [6.45, 7) is 0.500. The molecule has 0 saturated carbocycles. The number of fused-ring (bicyclic) bond motifs is 1. The molecule has 16 heavy (non-hydrogen) atoms. The minimum Gasteiger partial charge on any atom is -0.309 e. The van der Waals surface area contributed by atoms with E-state index in [0.29, 0.717) is 18.7 Å². The van der Waals surface area contributed by atoms with E-state index in [1.807, 2.05) is 24.3 Å². The van der Waals surface area contributed by atoms with Crippen molar-refractivity contribution in [2.75, 3.05) is 18.5 Å². The van der Waals surface area contributed by atoms with Gasteiger partial charge in [0.15, 0.2) is 0 Å². The van der Waals surface area contributed by atoms with Crippen molar-refractivity contribution >= 4 is 17.3 Å². The summed E-state index contributed by atoms with van der Waals surface area (Å²) in [6.07, 6.45) is 5.71. The Labute approximate surface area is 94.8 Å². The van der Waals surface area contributed by atoms with Crippen LogP contribution in [-0.4, -0.2) is 25.2 Å². The van der Waals surface area contributed by atoms with E-state index in [2.05, 4.69) is 10.9 Å². The number of benzene rings is 1. The highest BCUT2D eigenvalue weighted by molar-refractivity contribution is 6.54. The molecule has 1 aliphatic heterocycles. The van der Waals surface area contributed by atoms with Crippen molar-refractivity contribution in [1.82, 2.24) is 0 Å². The van der Waals surface area contributed by atoms with Gasteiger partial charge in [-0.3, -0.25) is 9.79 Å². The van der Waals surface area contributed by atoms with Crippen LogP contribution in [-0.2, 0) is 4.79 Å². The summed E-state index contributed by atoms with van der Waals surface area (Å²) in [5.41, 5.74) is 2.33. The van der Waals surface area contributed by atoms with Gasteiger partial charge in [-0.1, -0.05) is 18.2 Å². The van der Waals surface area contributed by atoms with Crippen LogP contribution in [0.15, 0.2) is 29.3 Å². The Hall–Kier alpha value is -2.08. The molecule has 0 aromatic heterocycles. The van der Waals surface area contributed by atoms with E-state index in [1.165, 1.54) is 0 Å². The molecule has 0 aliphatic carbocycles. The Morgan fingerprint density at radius 3 is 2.94 bits per heavy atom. The van der Waals surface area contributed by atoms with E-state index in [4.69, 9.17) is 6.42 Å². The second kappa shape index (κ2) is 4.19. The molecule has 80 valence electrons. The van der Waals surface area contributed by atoms with Crippen LogP contribution in [0.2, 0.25) is 0 Å². The van der Waals surface area contributed by atoms with Crippen molar-refractivity contribution in [3.63, 3.8) is 0 Å². The Morgan fingerprint density at radius 1 is 1.44 bits per heavy atom. The van der Waals surface area contributed by atoms with Gasteiger partial charge in [-0.25, -0.2) is 0 Å². The average Bonchev–Trinajstić information content (AvgIpc) is 2.55. The number of hydrogen-bond acceptors (Lipinski definition) is 2. The number of terminal acetylenes is 1. The molecule has 0 unspecified atom stereocenters. The van der Waals surface area contributed by atoms with E-state index in [0.717, 1.165) is 11.3 Å². The van der Waals surface area contributed by atoms with Gasteiger partial charge in [-0.05, 0) is 6.07 Å². The highest BCUT2D eigenvalue weighted by atomic mass is 16.2. The van der Waals surface area contributed by atoms with Crippen LogP contribution in [0.25, 0.3) is 0 Å². The molecule has 1 aromatic carbocycles. The lowest BCUT2D eigenvalue weighted by Crippen LogP contribution is -2.25. The van der Waals surface area contributed by atoms with Gasteiger partial charge in [0.05, 0.1) is 12.2 Å². The fraction of sp³-hybridized carbons (Fsp3) is 0.231. The van der Waals surface area contributed by atoms with E-state index >= 15 is 0 Å². The zero-order valence-corrected chi connectivity index (χ0v) is 9.10. The molecule has 0 fully saturated rings. The fourth-order valence-electron chi connectivity index (χ4n) is 1.73. The normalized spacial score (nSPS) is 16.4. The van der Waals surface area contributed by atoms with Gasteiger partial charge in [-0.2, -0.15) is 0 Å². The lowest BCUT2D eigenvalue weighted by molar-refractivity contribution is -0.111. The predicted octanol–water partition coefficient (Wildman–Crippen LogP) is 1.48. The van der Waals surface area contributed by atoms with Crippen LogP contribution in [0.3, 0.4) is 0 Å². The monoisotopic (exact) mass is 212 g/mol. The van der Waals surface area contributed by atoms with Crippen LogP contribution in [0.4, 0.5) is 5.69 Å². The van der Waals surface area contributed by atoms with Gasteiger partial charge < -0.3 is 4.90 Å². The van der Waals surface area contributed by atoms with E-state index in [9.17, 15) is 4.79 Å². The van der Waals surface area contributed by atoms with E-state index in [-0.39, 0.29) is 5.91 Å². The lowest BCUT2D eigenvalue weighted by Gasteiger charge is -2.07. The summed E-state index contributed by atoms with van der Waals surface area (Å²) >= 11 is 0. The standard InChI is InChI=1S/C13H12N2O/c1-3-4-9-14-12-10-7-5-6-8-11(10)15(2)13(12)16/h1,5-8H,4,9H2,2H3. The number of para-hydroxylation sites is 1. The first kappa shape index (κ1) is 10.4. The average molecular weight is 212 g/mol. The summed E-state index contributed by atoms with van der Waals surface area (Å²) in [6, 6.07) is 7.64. The smallest absolute Gasteiger partial charge is 0.276 e. The van der Waals surface area contributed by atoms with Crippen molar-refractivity contribution in [3.8, 4) is 12.3 Å². The molecular formula is C13H12N2O. The molecule has 1 heterocycles. The molecule has 0 saturated heterocycles. The highest BCUT2D eigenvalue weighted by Crippen LogP contribution is 2.27. The Bertz CT molecular complexity index is 497. The number of anilines is 1. The molecule has 3 nitrogen and oxygen atoms in total. The number of likely N-dealkylation sites (N-methyl/N-ethyl adjacent to an activating group) is 1. The van der Waals surface area contributed by atoms with Gasteiger partial charge in [0.25, 0.3) is 5.91 Å². The number of amides is 1. The first-order valence-electron chi connectivity index (χ1n) is 5.11. The van der Waals surface area contributed by atoms with Gasteiger partial charge in [0, 0.05) is 19.0 Å². The number of carbonyl (C=O) groups excluding carboxylic acids is 1. The third-order valence-electron chi connectivity index (χ3n) is 2.55. The largest absolute Gasteiger partial charge is 0.309 e. The van der Waals surface area contributed by atoms with Crippen LogP contribution in [0.1, 0.15) is 12.0 Å². The highest BCUT2D eigenvalue weighted by Gasteiger charge is 2.30. The maximum atomic E-state index is 11.9. The second-order valence-corrected chi connectivity index (χ2v) is 3.57. The maximum Gasteiger partial charge on any atom is 0.276 e. The summed E-state index contributed by atoms with van der Waals surface area (Å²) in [7, 11) is 1.75. The van der Waals surface area contributed by atoms with Crippen molar-refractivity contribution in [3.05, 3.63) is 29.8 Å². The topological polar surface area (TPSA) is 32.7 Å². The first-order chi connectivity index (χ1) is 7.75. The molecule has 1 amide bonds. The molecule has 1 aromatic rings.